The van der Waals surface area contributed by atoms with Gasteiger partial charge < -0.3 is 0 Å². The molecule has 0 saturated heterocycles. The van der Waals surface area contributed by atoms with Crippen LogP contribution >= 0.6 is 11.3 Å². The fraction of sp³-hybridized carbons (Fsp3) is 0. The average molecular weight is 459 g/mol. The smallest absolute Gasteiger partial charge is 0.266 e. The van der Waals surface area contributed by atoms with Gasteiger partial charge in [0.25, 0.3) is 11.8 Å². The SMILES string of the molecule is O=C1c2ccccc2C(=O)N1c1cccc(-c2nc(-c3ccccc3)c(-c3ccccc3)s2)c1. The van der Waals surface area contributed by atoms with Crippen molar-refractivity contribution in [3.63, 3.8) is 0 Å². The van der Waals surface area contributed by atoms with Gasteiger partial charge in [-0.3, -0.25) is 9.59 Å². The number of carbonyl (C=O) groups is 2. The number of aromatic nitrogens is 1. The quantitative estimate of drug-likeness (QED) is 0.274. The Morgan fingerprint density at radius 2 is 1.15 bits per heavy atom. The standard InChI is InChI=1S/C29H18N2O2S/c32-28-23-16-7-8-17-24(23)29(33)31(28)22-15-9-14-21(18-22)27-30-25(19-10-3-1-4-11-19)26(34-27)20-12-5-2-6-13-20/h1-18H. The van der Waals surface area contributed by atoms with E-state index in [4.69, 9.17) is 4.98 Å². The van der Waals surface area contributed by atoms with Crippen molar-refractivity contribution < 1.29 is 9.59 Å². The Balaban J connectivity index is 1.45. The second-order valence-corrected chi connectivity index (χ2v) is 8.97. The van der Waals surface area contributed by atoms with Crippen LogP contribution in [0.5, 0.6) is 0 Å². The third-order valence-corrected chi connectivity index (χ3v) is 7.01. The fourth-order valence-corrected chi connectivity index (χ4v) is 5.31. The number of thiazole rings is 1. The number of hydrogen-bond donors (Lipinski definition) is 0. The van der Waals surface area contributed by atoms with Crippen LogP contribution in [0.15, 0.2) is 109 Å². The minimum Gasteiger partial charge on any atom is -0.268 e. The van der Waals surface area contributed by atoms with Crippen LogP contribution in [0.2, 0.25) is 0 Å². The summed E-state index contributed by atoms with van der Waals surface area (Å²) in [6.45, 7) is 0. The van der Waals surface area contributed by atoms with E-state index in [1.807, 2.05) is 54.6 Å². The van der Waals surface area contributed by atoms with E-state index in [9.17, 15) is 9.59 Å². The zero-order valence-corrected chi connectivity index (χ0v) is 18.8. The molecule has 0 saturated carbocycles. The first kappa shape index (κ1) is 20.3. The van der Waals surface area contributed by atoms with Gasteiger partial charge in [-0.25, -0.2) is 9.88 Å². The van der Waals surface area contributed by atoms with Gasteiger partial charge in [0, 0.05) is 11.1 Å². The Labute approximate surface area is 200 Å². The lowest BCUT2D eigenvalue weighted by molar-refractivity contribution is 0.0926. The summed E-state index contributed by atoms with van der Waals surface area (Å²) in [5, 5.41) is 0.830. The molecule has 2 heterocycles. The molecule has 0 fully saturated rings. The molecule has 0 atom stereocenters. The number of carbonyl (C=O) groups excluding carboxylic acids is 2. The summed E-state index contributed by atoms with van der Waals surface area (Å²) in [4.78, 5) is 33.3. The number of hydrogen-bond acceptors (Lipinski definition) is 4. The molecule has 0 radical (unpaired) electrons. The lowest BCUT2D eigenvalue weighted by Gasteiger charge is -2.14. The minimum atomic E-state index is -0.299. The normalized spacial score (nSPS) is 12.8. The average Bonchev–Trinajstić information content (AvgIpc) is 3.45. The number of imide groups is 1. The summed E-state index contributed by atoms with van der Waals surface area (Å²) >= 11 is 1.60. The van der Waals surface area contributed by atoms with E-state index in [0.717, 1.165) is 32.3 Å². The molecule has 0 N–H and O–H groups in total. The van der Waals surface area contributed by atoms with E-state index in [2.05, 4.69) is 24.3 Å². The van der Waals surface area contributed by atoms with Gasteiger partial charge in [0.05, 0.1) is 27.4 Å². The van der Waals surface area contributed by atoms with Crippen molar-refractivity contribution in [3.05, 3.63) is 120 Å². The third kappa shape index (κ3) is 3.34. The van der Waals surface area contributed by atoms with Gasteiger partial charge in [-0.15, -0.1) is 11.3 Å². The Hall–Kier alpha value is -4.35. The molecule has 1 aliphatic rings. The second-order valence-electron chi connectivity index (χ2n) is 7.97. The molecule has 0 aliphatic carbocycles. The molecule has 2 amide bonds. The number of amides is 2. The van der Waals surface area contributed by atoms with Crippen molar-refractivity contribution in [2.45, 2.75) is 0 Å². The maximum absolute atomic E-state index is 13.0. The van der Waals surface area contributed by atoms with Crippen LogP contribution in [0.3, 0.4) is 0 Å². The maximum atomic E-state index is 13.0. The molecule has 162 valence electrons. The van der Waals surface area contributed by atoms with Crippen LogP contribution in [-0.4, -0.2) is 16.8 Å². The van der Waals surface area contributed by atoms with E-state index < -0.39 is 0 Å². The van der Waals surface area contributed by atoms with Crippen LogP contribution in [-0.2, 0) is 0 Å². The van der Waals surface area contributed by atoms with Gasteiger partial charge in [-0.2, -0.15) is 0 Å². The topological polar surface area (TPSA) is 50.3 Å². The number of fused-ring (bicyclic) bond motifs is 1. The van der Waals surface area contributed by atoms with E-state index >= 15 is 0 Å². The Kier molecular flexibility index (Phi) is 4.90. The number of nitrogens with zero attached hydrogens (tertiary/aromatic N) is 2. The molecule has 1 aliphatic heterocycles. The van der Waals surface area contributed by atoms with Gasteiger partial charge in [-0.05, 0) is 29.8 Å². The van der Waals surface area contributed by atoms with Crippen molar-refractivity contribution >= 4 is 28.8 Å². The van der Waals surface area contributed by atoms with Crippen molar-refractivity contribution in [3.8, 4) is 32.3 Å². The van der Waals surface area contributed by atoms with Gasteiger partial charge >= 0.3 is 0 Å². The van der Waals surface area contributed by atoms with E-state index in [1.165, 1.54) is 4.90 Å². The zero-order valence-electron chi connectivity index (χ0n) is 18.0. The van der Waals surface area contributed by atoms with Crippen molar-refractivity contribution in [2.24, 2.45) is 0 Å². The predicted molar refractivity (Wildman–Crippen MR) is 136 cm³/mol. The molecular weight excluding hydrogens is 440 g/mol. The molecule has 0 bridgehead atoms. The molecule has 4 nitrogen and oxygen atoms in total. The number of anilines is 1. The summed E-state index contributed by atoms with van der Waals surface area (Å²) in [6, 6.07) is 34.7. The predicted octanol–water partition coefficient (Wildman–Crippen LogP) is 6.94. The van der Waals surface area contributed by atoms with Crippen LogP contribution in [0, 0.1) is 0 Å². The molecule has 0 spiro atoms. The summed E-state index contributed by atoms with van der Waals surface area (Å²) in [6.07, 6.45) is 0. The van der Waals surface area contributed by atoms with Crippen molar-refractivity contribution in [1.82, 2.24) is 4.98 Å². The molecule has 4 aromatic carbocycles. The van der Waals surface area contributed by atoms with Gasteiger partial charge in [0.15, 0.2) is 0 Å². The number of benzene rings is 4. The van der Waals surface area contributed by atoms with E-state index in [-0.39, 0.29) is 11.8 Å². The van der Waals surface area contributed by atoms with Crippen molar-refractivity contribution in [2.75, 3.05) is 4.90 Å². The first-order valence-corrected chi connectivity index (χ1v) is 11.7. The molecule has 0 unspecified atom stereocenters. The maximum Gasteiger partial charge on any atom is 0.266 e. The highest BCUT2D eigenvalue weighted by molar-refractivity contribution is 7.19. The van der Waals surface area contributed by atoms with E-state index in [1.54, 1.807) is 41.7 Å². The summed E-state index contributed by atoms with van der Waals surface area (Å²) in [7, 11) is 0. The fourth-order valence-electron chi connectivity index (χ4n) is 4.22. The molecule has 1 aromatic heterocycles. The van der Waals surface area contributed by atoms with E-state index in [0.29, 0.717) is 16.8 Å². The Morgan fingerprint density at radius 3 is 1.79 bits per heavy atom. The first-order chi connectivity index (χ1) is 16.7. The highest BCUT2D eigenvalue weighted by Crippen LogP contribution is 2.41. The first-order valence-electron chi connectivity index (χ1n) is 10.9. The Bertz CT molecular complexity index is 1450. The molecule has 6 rings (SSSR count). The van der Waals surface area contributed by atoms with Crippen LogP contribution < -0.4 is 4.90 Å². The highest BCUT2D eigenvalue weighted by Gasteiger charge is 2.36. The minimum absolute atomic E-state index is 0.299. The monoisotopic (exact) mass is 458 g/mol. The van der Waals surface area contributed by atoms with Crippen LogP contribution in [0.4, 0.5) is 5.69 Å². The van der Waals surface area contributed by atoms with Crippen LogP contribution in [0.1, 0.15) is 20.7 Å². The van der Waals surface area contributed by atoms with Crippen molar-refractivity contribution in [1.29, 1.82) is 0 Å². The lowest BCUT2D eigenvalue weighted by Crippen LogP contribution is -2.29. The summed E-state index contributed by atoms with van der Waals surface area (Å²) < 4.78 is 0. The largest absolute Gasteiger partial charge is 0.268 e. The third-order valence-electron chi connectivity index (χ3n) is 5.86. The molecule has 34 heavy (non-hydrogen) atoms. The summed E-state index contributed by atoms with van der Waals surface area (Å²) in [5.41, 5.74) is 5.33. The van der Waals surface area contributed by atoms with Crippen LogP contribution in [0.25, 0.3) is 32.3 Å². The second kappa shape index (κ2) is 8.21. The lowest BCUT2D eigenvalue weighted by atomic mass is 10.1. The molecule has 5 aromatic rings. The van der Waals surface area contributed by atoms with Gasteiger partial charge in [-0.1, -0.05) is 84.9 Å². The zero-order chi connectivity index (χ0) is 23.1. The molecule has 5 heteroatoms. The Morgan fingerprint density at radius 1 is 0.588 bits per heavy atom. The molecular formula is C29H18N2O2S. The highest BCUT2D eigenvalue weighted by atomic mass is 32.1. The van der Waals surface area contributed by atoms with Gasteiger partial charge in [0.2, 0.25) is 0 Å². The van der Waals surface area contributed by atoms with Gasteiger partial charge in [0.1, 0.15) is 5.01 Å². The summed E-state index contributed by atoms with van der Waals surface area (Å²) in [5.74, 6) is -0.598. The number of rotatable bonds is 4.